The molecule has 0 aliphatic carbocycles. The standard InChI is InChI=1S/C24H24N6O8S2/c1-4-10-38-24(33)30-40(36,37)28-14-7-8-16-18(12-14)39(34,35)29-22(26-16)20-19(17(31)11-13(2)3)15-6-5-9-25-21(15)27-23(20)32/h1,5-9,12-13,17,28,31H,10-11H2,2-3H3,(H,26,29)(H,30,33)(H,25,27,32). The lowest BCUT2D eigenvalue weighted by Crippen LogP contribution is -2.36. The topological polar surface area (TPSA) is 209 Å². The third kappa shape index (κ3) is 6.06. The van der Waals surface area contributed by atoms with E-state index in [9.17, 15) is 31.5 Å². The van der Waals surface area contributed by atoms with E-state index in [1.165, 1.54) is 18.3 Å². The van der Waals surface area contributed by atoms with Gasteiger partial charge in [-0.05, 0) is 42.7 Å². The summed E-state index contributed by atoms with van der Waals surface area (Å²) < 4.78 is 62.7. The zero-order valence-electron chi connectivity index (χ0n) is 21.1. The number of carbonyl (C=O) groups excluding carboxylic acids is 1. The van der Waals surface area contributed by atoms with Crippen molar-refractivity contribution in [2.45, 2.75) is 31.3 Å². The number of hydrogen-bond donors (Lipinski definition) is 5. The maximum Gasteiger partial charge on any atom is 0.423 e. The molecule has 0 radical (unpaired) electrons. The largest absolute Gasteiger partial charge is 0.436 e. The third-order valence-electron chi connectivity index (χ3n) is 5.57. The number of terminal acetylenes is 1. The fourth-order valence-corrected chi connectivity index (χ4v) is 5.97. The predicted molar refractivity (Wildman–Crippen MR) is 146 cm³/mol. The van der Waals surface area contributed by atoms with Crippen LogP contribution in [0.3, 0.4) is 0 Å². The van der Waals surface area contributed by atoms with Crippen LogP contribution >= 0.6 is 0 Å². The molecule has 1 atom stereocenters. The van der Waals surface area contributed by atoms with Crippen LogP contribution in [0.5, 0.6) is 0 Å². The number of pyridine rings is 2. The number of fused-ring (bicyclic) bond motifs is 2. The zero-order chi connectivity index (χ0) is 29.2. The lowest BCUT2D eigenvalue weighted by atomic mass is 9.93. The van der Waals surface area contributed by atoms with Gasteiger partial charge >= 0.3 is 16.3 Å². The minimum Gasteiger partial charge on any atom is -0.436 e. The number of hydrogen-bond acceptors (Lipinski definition) is 10. The lowest BCUT2D eigenvalue weighted by molar-refractivity contribution is 0.152. The van der Waals surface area contributed by atoms with Gasteiger partial charge in [-0.15, -0.1) is 10.8 Å². The molecule has 40 heavy (non-hydrogen) atoms. The molecule has 2 aromatic heterocycles. The summed E-state index contributed by atoms with van der Waals surface area (Å²) in [5.41, 5.74) is -0.754. The second kappa shape index (κ2) is 11.0. The smallest absolute Gasteiger partial charge is 0.423 e. The number of H-pyrrole nitrogens is 1. The quantitative estimate of drug-likeness (QED) is 0.240. The number of aliphatic hydroxyl groups is 1. The number of aromatic amines is 1. The van der Waals surface area contributed by atoms with Crippen LogP contribution in [0.4, 0.5) is 16.2 Å². The Bertz CT molecular complexity index is 1840. The Balaban J connectivity index is 1.74. The molecule has 0 saturated carbocycles. The van der Waals surface area contributed by atoms with Crippen LogP contribution in [0.1, 0.15) is 37.5 Å². The number of anilines is 2. The molecule has 1 aliphatic rings. The highest BCUT2D eigenvalue weighted by Gasteiger charge is 2.31. The number of aliphatic hydroxyl groups excluding tert-OH is 1. The molecule has 0 saturated heterocycles. The highest BCUT2D eigenvalue weighted by atomic mass is 32.2. The van der Waals surface area contributed by atoms with Crippen molar-refractivity contribution < 1.29 is 31.5 Å². The second-order valence-corrected chi connectivity index (χ2v) is 12.0. The van der Waals surface area contributed by atoms with E-state index in [1.54, 1.807) is 16.9 Å². The van der Waals surface area contributed by atoms with Gasteiger partial charge in [0.1, 0.15) is 10.5 Å². The first kappa shape index (κ1) is 28.5. The molecule has 210 valence electrons. The molecule has 1 amide bonds. The minimum atomic E-state index is -4.51. The highest BCUT2D eigenvalue weighted by Crippen LogP contribution is 2.34. The van der Waals surface area contributed by atoms with Gasteiger partial charge in [-0.25, -0.2) is 14.5 Å². The van der Waals surface area contributed by atoms with E-state index in [0.717, 1.165) is 6.07 Å². The fourth-order valence-electron chi connectivity index (χ4n) is 4.05. The maximum absolute atomic E-state index is 13.2. The predicted octanol–water partition coefficient (Wildman–Crippen LogP) is 1.58. The number of benzene rings is 1. The van der Waals surface area contributed by atoms with E-state index in [0.29, 0.717) is 5.39 Å². The fraction of sp³-hybridized carbons (Fsp3) is 0.250. The van der Waals surface area contributed by atoms with Gasteiger partial charge < -0.3 is 20.1 Å². The van der Waals surface area contributed by atoms with Gasteiger partial charge in [-0.2, -0.15) is 16.8 Å². The van der Waals surface area contributed by atoms with Crippen LogP contribution < -0.4 is 20.3 Å². The Kier molecular flexibility index (Phi) is 7.82. The van der Waals surface area contributed by atoms with Crippen molar-refractivity contribution in [3.8, 4) is 12.3 Å². The van der Waals surface area contributed by atoms with Crippen molar-refractivity contribution in [1.29, 1.82) is 0 Å². The molecule has 1 aliphatic heterocycles. The van der Waals surface area contributed by atoms with Crippen molar-refractivity contribution in [1.82, 2.24) is 14.7 Å². The first-order valence-electron chi connectivity index (χ1n) is 11.7. The Labute approximate surface area is 229 Å². The van der Waals surface area contributed by atoms with E-state index in [4.69, 9.17) is 6.42 Å². The van der Waals surface area contributed by atoms with E-state index < -0.39 is 49.5 Å². The van der Waals surface area contributed by atoms with Gasteiger partial charge in [-0.3, -0.25) is 9.52 Å². The van der Waals surface area contributed by atoms with Gasteiger partial charge in [0.25, 0.3) is 15.6 Å². The molecule has 0 spiro atoms. The normalized spacial score (nSPS) is 14.8. The second-order valence-electron chi connectivity index (χ2n) is 9.03. The van der Waals surface area contributed by atoms with Crippen LogP contribution in [0.25, 0.3) is 11.0 Å². The third-order valence-corrected chi connectivity index (χ3v) is 7.83. The Hall–Kier alpha value is -4.46. The number of rotatable bonds is 8. The summed E-state index contributed by atoms with van der Waals surface area (Å²) in [6.45, 7) is 3.31. The average Bonchev–Trinajstić information content (AvgIpc) is 2.85. The molecule has 3 heterocycles. The van der Waals surface area contributed by atoms with Crippen molar-refractivity contribution in [2.75, 3.05) is 16.6 Å². The van der Waals surface area contributed by atoms with Crippen molar-refractivity contribution in [3.63, 3.8) is 0 Å². The summed E-state index contributed by atoms with van der Waals surface area (Å²) in [4.78, 5) is 31.0. The number of amidine groups is 1. The molecule has 1 unspecified atom stereocenters. The lowest BCUT2D eigenvalue weighted by Gasteiger charge is -2.23. The number of carbonyl (C=O) groups is 1. The van der Waals surface area contributed by atoms with Crippen LogP contribution in [0.2, 0.25) is 0 Å². The molecule has 16 heteroatoms. The molecule has 0 bridgehead atoms. The average molecular weight is 589 g/mol. The molecule has 4 rings (SSSR count). The van der Waals surface area contributed by atoms with E-state index >= 15 is 0 Å². The van der Waals surface area contributed by atoms with Crippen LogP contribution in [-0.4, -0.2) is 50.4 Å². The number of aromatic nitrogens is 2. The first-order chi connectivity index (χ1) is 18.8. The minimum absolute atomic E-state index is 0.00989. The molecule has 3 aromatic rings. The van der Waals surface area contributed by atoms with E-state index in [1.807, 2.05) is 24.5 Å². The summed E-state index contributed by atoms with van der Waals surface area (Å²) in [6.07, 6.45) is 4.21. The van der Waals surface area contributed by atoms with Crippen molar-refractivity contribution in [3.05, 3.63) is 58.0 Å². The maximum atomic E-state index is 13.2. The van der Waals surface area contributed by atoms with Crippen molar-refractivity contribution >= 4 is 54.6 Å². The van der Waals surface area contributed by atoms with Gasteiger partial charge in [0.15, 0.2) is 12.4 Å². The van der Waals surface area contributed by atoms with E-state index in [-0.39, 0.29) is 46.3 Å². The number of nitrogens with one attached hydrogen (secondary N) is 4. The molecule has 0 fully saturated rings. The Morgan fingerprint density at radius 2 is 2.02 bits per heavy atom. The first-order valence-corrected chi connectivity index (χ1v) is 14.6. The van der Waals surface area contributed by atoms with Crippen LogP contribution in [0, 0.1) is 18.3 Å². The van der Waals surface area contributed by atoms with Gasteiger partial charge in [0.05, 0.1) is 23.0 Å². The number of amides is 1. The SMILES string of the molecule is C#CCOC(=O)NS(=O)(=O)Nc1ccc2c(c1)S(=O)(=O)N=C(c1c(C(O)CC(C)C)c3cccnc3[nH]c1=O)N2. The number of ether oxygens (including phenoxy) is 1. The van der Waals surface area contributed by atoms with Crippen LogP contribution in [0.15, 0.2) is 50.6 Å². The highest BCUT2D eigenvalue weighted by molar-refractivity contribution is 7.91. The zero-order valence-corrected chi connectivity index (χ0v) is 22.8. The summed E-state index contributed by atoms with van der Waals surface area (Å²) in [6, 6.07) is 6.70. The van der Waals surface area contributed by atoms with Gasteiger partial charge in [0, 0.05) is 17.1 Å². The summed E-state index contributed by atoms with van der Waals surface area (Å²) in [7, 11) is -8.99. The molecule has 14 nitrogen and oxygen atoms in total. The number of sulfonamides is 1. The van der Waals surface area contributed by atoms with Crippen molar-refractivity contribution in [2.24, 2.45) is 10.3 Å². The molecule has 1 aromatic carbocycles. The van der Waals surface area contributed by atoms with Crippen LogP contribution in [-0.2, 0) is 25.0 Å². The van der Waals surface area contributed by atoms with E-state index in [2.05, 4.69) is 24.4 Å². The summed E-state index contributed by atoms with van der Waals surface area (Å²) in [5, 5.41) is 14.3. The monoisotopic (exact) mass is 588 g/mol. The molecular formula is C24H24N6O8S2. The molecular weight excluding hydrogens is 564 g/mol. The summed E-state index contributed by atoms with van der Waals surface area (Å²) in [5.74, 6) is 1.71. The van der Waals surface area contributed by atoms with Gasteiger partial charge in [0.2, 0.25) is 0 Å². The Morgan fingerprint density at radius 1 is 1.27 bits per heavy atom. The molecule has 5 N–H and O–H groups in total. The number of nitrogens with zero attached hydrogens (tertiary/aromatic N) is 2. The van der Waals surface area contributed by atoms with Gasteiger partial charge in [-0.1, -0.05) is 19.8 Å². The summed E-state index contributed by atoms with van der Waals surface area (Å²) >= 11 is 0. The Morgan fingerprint density at radius 3 is 2.73 bits per heavy atom.